The zero-order valence-corrected chi connectivity index (χ0v) is 15.6. The minimum atomic E-state index is -0.306. The fraction of sp³-hybridized carbons (Fsp3) is 0.211. The molecule has 1 heterocycles. The second-order valence-corrected chi connectivity index (χ2v) is 7.31. The molecule has 0 saturated heterocycles. The third-order valence-corrected chi connectivity index (χ3v) is 4.50. The van der Waals surface area contributed by atoms with Crippen LogP contribution in [0.25, 0.3) is 10.2 Å². The normalized spacial score (nSPS) is 10.8. The van der Waals surface area contributed by atoms with Crippen LogP contribution in [-0.2, 0) is 0 Å². The Balaban J connectivity index is 1.72. The third kappa shape index (κ3) is 4.37. The summed E-state index contributed by atoms with van der Waals surface area (Å²) >= 11 is 1.43. The molecule has 0 saturated carbocycles. The van der Waals surface area contributed by atoms with Gasteiger partial charge >= 0.3 is 6.03 Å². The largest absolute Gasteiger partial charge is 0.336 e. The van der Waals surface area contributed by atoms with Crippen LogP contribution in [0.3, 0.4) is 0 Å². The van der Waals surface area contributed by atoms with E-state index in [4.69, 9.17) is 0 Å². The monoisotopic (exact) mass is 368 g/mol. The van der Waals surface area contributed by atoms with Crippen LogP contribution in [0.2, 0.25) is 0 Å². The van der Waals surface area contributed by atoms with Crippen molar-refractivity contribution in [2.45, 2.75) is 26.8 Å². The molecule has 26 heavy (non-hydrogen) atoms. The minimum Gasteiger partial charge on any atom is -0.336 e. The first-order chi connectivity index (χ1) is 12.4. The lowest BCUT2D eigenvalue weighted by molar-refractivity contribution is 0.102. The van der Waals surface area contributed by atoms with Crippen molar-refractivity contribution in [1.29, 1.82) is 0 Å². The number of thiazole rings is 1. The first-order valence-electron chi connectivity index (χ1n) is 8.27. The van der Waals surface area contributed by atoms with Gasteiger partial charge in [-0.15, -0.1) is 0 Å². The maximum atomic E-state index is 12.5. The zero-order chi connectivity index (χ0) is 18.7. The summed E-state index contributed by atoms with van der Waals surface area (Å²) in [7, 11) is 0. The predicted molar refractivity (Wildman–Crippen MR) is 106 cm³/mol. The number of aryl methyl sites for hydroxylation is 1. The second kappa shape index (κ2) is 7.53. The topological polar surface area (TPSA) is 83.1 Å². The molecule has 3 amide bonds. The van der Waals surface area contributed by atoms with Crippen LogP contribution in [0, 0.1) is 6.92 Å². The van der Waals surface area contributed by atoms with E-state index in [2.05, 4.69) is 20.9 Å². The van der Waals surface area contributed by atoms with E-state index in [1.807, 2.05) is 39.0 Å². The molecule has 6 nitrogen and oxygen atoms in total. The van der Waals surface area contributed by atoms with E-state index in [-0.39, 0.29) is 18.0 Å². The van der Waals surface area contributed by atoms with Gasteiger partial charge in [-0.25, -0.2) is 9.78 Å². The molecule has 0 fully saturated rings. The number of benzene rings is 2. The van der Waals surface area contributed by atoms with Crippen molar-refractivity contribution >= 4 is 44.3 Å². The molecule has 3 rings (SSSR count). The van der Waals surface area contributed by atoms with E-state index in [1.54, 1.807) is 24.3 Å². The Morgan fingerprint density at radius 2 is 1.88 bits per heavy atom. The third-order valence-electron chi connectivity index (χ3n) is 3.57. The van der Waals surface area contributed by atoms with Crippen LogP contribution in [-0.4, -0.2) is 23.0 Å². The highest BCUT2D eigenvalue weighted by Crippen LogP contribution is 2.27. The van der Waals surface area contributed by atoms with Crippen molar-refractivity contribution < 1.29 is 9.59 Å². The molecule has 3 aromatic rings. The fourth-order valence-corrected chi connectivity index (χ4v) is 3.38. The molecule has 0 unspecified atom stereocenters. The standard InChI is InChI=1S/C19H20N4O2S/c1-11(2)20-18(25)21-14-6-4-5-13(10-14)17(24)23-19-22-15-8-7-12(3)9-16(15)26-19/h4-11H,1-3H3,(H2,20,21,25)(H,22,23,24). The average molecular weight is 368 g/mol. The summed E-state index contributed by atoms with van der Waals surface area (Å²) in [6.45, 7) is 5.78. The Bertz CT molecular complexity index is 965. The molecule has 0 aliphatic rings. The number of nitrogens with one attached hydrogen (secondary N) is 3. The highest BCUT2D eigenvalue weighted by molar-refractivity contribution is 7.22. The second-order valence-electron chi connectivity index (χ2n) is 6.28. The highest BCUT2D eigenvalue weighted by Gasteiger charge is 2.11. The van der Waals surface area contributed by atoms with Gasteiger partial charge in [0.1, 0.15) is 0 Å². The van der Waals surface area contributed by atoms with Crippen LogP contribution < -0.4 is 16.0 Å². The smallest absolute Gasteiger partial charge is 0.319 e. The van der Waals surface area contributed by atoms with Crippen molar-refractivity contribution in [3.63, 3.8) is 0 Å². The van der Waals surface area contributed by atoms with Crippen molar-refractivity contribution in [1.82, 2.24) is 10.3 Å². The number of carbonyl (C=O) groups is 2. The van der Waals surface area contributed by atoms with Crippen LogP contribution in [0.5, 0.6) is 0 Å². The molecule has 0 bridgehead atoms. The number of aromatic nitrogens is 1. The number of rotatable bonds is 4. The van der Waals surface area contributed by atoms with Crippen molar-refractivity contribution in [2.24, 2.45) is 0 Å². The Labute approximate surface area is 155 Å². The molecule has 0 aliphatic heterocycles. The minimum absolute atomic E-state index is 0.0316. The fourth-order valence-electron chi connectivity index (χ4n) is 2.42. The predicted octanol–water partition coefficient (Wildman–Crippen LogP) is 4.39. The van der Waals surface area contributed by atoms with Gasteiger partial charge in [0.15, 0.2) is 5.13 Å². The highest BCUT2D eigenvalue weighted by atomic mass is 32.1. The van der Waals surface area contributed by atoms with Gasteiger partial charge in [0.25, 0.3) is 5.91 Å². The SMILES string of the molecule is Cc1ccc2nc(NC(=O)c3cccc(NC(=O)NC(C)C)c3)sc2c1. The molecular weight excluding hydrogens is 348 g/mol. The average Bonchev–Trinajstić information content (AvgIpc) is 2.95. The van der Waals surface area contributed by atoms with Crippen molar-refractivity contribution in [3.8, 4) is 0 Å². The Hall–Kier alpha value is -2.93. The van der Waals surface area contributed by atoms with Crippen LogP contribution in [0.15, 0.2) is 42.5 Å². The van der Waals surface area contributed by atoms with Gasteiger partial charge in [0.05, 0.1) is 10.2 Å². The molecule has 0 spiro atoms. The number of nitrogens with zero attached hydrogens (tertiary/aromatic N) is 1. The molecule has 0 atom stereocenters. The number of anilines is 2. The van der Waals surface area contributed by atoms with Crippen LogP contribution in [0.1, 0.15) is 29.8 Å². The van der Waals surface area contributed by atoms with E-state index >= 15 is 0 Å². The Morgan fingerprint density at radius 3 is 2.65 bits per heavy atom. The van der Waals surface area contributed by atoms with Gasteiger partial charge in [-0.3, -0.25) is 10.1 Å². The quantitative estimate of drug-likeness (QED) is 0.639. The molecule has 7 heteroatoms. The summed E-state index contributed by atoms with van der Waals surface area (Å²) in [5, 5.41) is 8.82. The maximum absolute atomic E-state index is 12.5. The number of amides is 3. The zero-order valence-electron chi connectivity index (χ0n) is 14.8. The lowest BCUT2D eigenvalue weighted by atomic mass is 10.2. The van der Waals surface area contributed by atoms with E-state index in [0.29, 0.717) is 16.4 Å². The van der Waals surface area contributed by atoms with E-state index in [1.165, 1.54) is 11.3 Å². The van der Waals surface area contributed by atoms with Gasteiger partial charge in [-0.2, -0.15) is 0 Å². The maximum Gasteiger partial charge on any atom is 0.319 e. The van der Waals surface area contributed by atoms with Crippen LogP contribution in [0.4, 0.5) is 15.6 Å². The molecule has 134 valence electrons. The summed E-state index contributed by atoms with van der Waals surface area (Å²) in [6.07, 6.45) is 0. The molecule has 0 aliphatic carbocycles. The molecule has 2 aromatic carbocycles. The number of hydrogen-bond acceptors (Lipinski definition) is 4. The molecule has 0 radical (unpaired) electrons. The molecule has 1 aromatic heterocycles. The van der Waals surface area contributed by atoms with Gasteiger partial charge in [0.2, 0.25) is 0 Å². The van der Waals surface area contributed by atoms with Gasteiger partial charge < -0.3 is 10.6 Å². The molecular formula is C19H20N4O2S. The first-order valence-corrected chi connectivity index (χ1v) is 9.08. The van der Waals surface area contributed by atoms with Gasteiger partial charge in [0, 0.05) is 17.3 Å². The van der Waals surface area contributed by atoms with Crippen LogP contribution >= 0.6 is 11.3 Å². The van der Waals surface area contributed by atoms with E-state index < -0.39 is 0 Å². The number of fused-ring (bicyclic) bond motifs is 1. The van der Waals surface area contributed by atoms with Gasteiger partial charge in [-0.1, -0.05) is 23.5 Å². The van der Waals surface area contributed by atoms with Crippen molar-refractivity contribution in [3.05, 3.63) is 53.6 Å². The summed E-state index contributed by atoms with van der Waals surface area (Å²) in [5.41, 5.74) is 3.01. The Kier molecular flexibility index (Phi) is 5.18. The summed E-state index contributed by atoms with van der Waals surface area (Å²) < 4.78 is 1.03. The summed E-state index contributed by atoms with van der Waals surface area (Å²) in [5.74, 6) is -0.270. The number of hydrogen-bond donors (Lipinski definition) is 3. The van der Waals surface area contributed by atoms with Crippen molar-refractivity contribution in [2.75, 3.05) is 10.6 Å². The number of urea groups is 1. The summed E-state index contributed by atoms with van der Waals surface area (Å²) in [4.78, 5) is 28.7. The van der Waals surface area contributed by atoms with E-state index in [9.17, 15) is 9.59 Å². The first kappa shape index (κ1) is 17.9. The Morgan fingerprint density at radius 1 is 1.08 bits per heavy atom. The summed E-state index contributed by atoms with van der Waals surface area (Å²) in [6, 6.07) is 12.5. The van der Waals surface area contributed by atoms with E-state index in [0.717, 1.165) is 15.8 Å². The molecule has 3 N–H and O–H groups in total. The lowest BCUT2D eigenvalue weighted by Gasteiger charge is -2.10. The van der Waals surface area contributed by atoms with Gasteiger partial charge in [-0.05, 0) is 56.7 Å². The lowest BCUT2D eigenvalue weighted by Crippen LogP contribution is -2.34. The number of carbonyl (C=O) groups excluding carboxylic acids is 2.